The van der Waals surface area contributed by atoms with Crippen LogP contribution in [-0.4, -0.2) is 31.7 Å². The van der Waals surface area contributed by atoms with Crippen molar-refractivity contribution in [3.05, 3.63) is 33.5 Å². The molecule has 2 aromatic heterocycles. The maximum absolute atomic E-state index is 12.9. The Bertz CT molecular complexity index is 1020. The summed E-state index contributed by atoms with van der Waals surface area (Å²) in [6.07, 6.45) is 5.33. The van der Waals surface area contributed by atoms with Gasteiger partial charge in [0.15, 0.2) is 0 Å². The number of hydrogen-bond acceptors (Lipinski definition) is 6. The van der Waals surface area contributed by atoms with Gasteiger partial charge in [-0.25, -0.2) is 8.42 Å². The van der Waals surface area contributed by atoms with E-state index in [2.05, 4.69) is 11.4 Å². The summed E-state index contributed by atoms with van der Waals surface area (Å²) < 4.78 is 27.3. The minimum atomic E-state index is -3.55. The van der Waals surface area contributed by atoms with E-state index in [0.29, 0.717) is 34.2 Å². The second-order valence-corrected chi connectivity index (χ2v) is 11.4. The van der Waals surface area contributed by atoms with Gasteiger partial charge in [0.1, 0.15) is 15.3 Å². The van der Waals surface area contributed by atoms with Gasteiger partial charge in [-0.05, 0) is 55.5 Å². The van der Waals surface area contributed by atoms with Crippen LogP contribution in [0.3, 0.4) is 0 Å². The van der Waals surface area contributed by atoms with Gasteiger partial charge in [0.25, 0.3) is 10.0 Å². The minimum absolute atomic E-state index is 0.180. The van der Waals surface area contributed by atoms with Crippen LogP contribution in [0.5, 0.6) is 0 Å². The van der Waals surface area contributed by atoms with E-state index in [1.165, 1.54) is 31.9 Å². The molecule has 1 fully saturated rings. The molecule has 0 spiro atoms. The van der Waals surface area contributed by atoms with E-state index in [9.17, 15) is 18.5 Å². The van der Waals surface area contributed by atoms with E-state index in [-0.39, 0.29) is 12.5 Å². The Morgan fingerprint density at radius 2 is 2.11 bits per heavy atom. The van der Waals surface area contributed by atoms with Crippen molar-refractivity contribution in [2.45, 2.75) is 42.7 Å². The van der Waals surface area contributed by atoms with Gasteiger partial charge >= 0.3 is 0 Å². The number of anilines is 1. The van der Waals surface area contributed by atoms with Crippen LogP contribution in [0.1, 0.15) is 41.7 Å². The number of fused-ring (bicyclic) bond motifs is 1. The van der Waals surface area contributed by atoms with Crippen molar-refractivity contribution in [3.8, 4) is 6.07 Å². The second kappa shape index (κ2) is 7.95. The number of piperidine rings is 1. The Balaban J connectivity index is 1.50. The molecule has 0 bridgehead atoms. The molecule has 0 saturated carbocycles. The van der Waals surface area contributed by atoms with Gasteiger partial charge in [-0.2, -0.15) is 9.57 Å². The summed E-state index contributed by atoms with van der Waals surface area (Å²) in [5.41, 5.74) is 1.67. The molecule has 1 aliphatic heterocycles. The van der Waals surface area contributed by atoms with E-state index in [1.807, 2.05) is 0 Å². The highest BCUT2D eigenvalue weighted by molar-refractivity contribution is 7.91. The van der Waals surface area contributed by atoms with Crippen LogP contribution < -0.4 is 5.32 Å². The molecule has 1 unspecified atom stereocenters. The summed E-state index contributed by atoms with van der Waals surface area (Å²) >= 11 is 2.69. The van der Waals surface area contributed by atoms with Crippen molar-refractivity contribution in [3.63, 3.8) is 0 Å². The highest BCUT2D eigenvalue weighted by atomic mass is 32.2. The lowest BCUT2D eigenvalue weighted by molar-refractivity contribution is -0.120. The first-order valence-corrected chi connectivity index (χ1v) is 12.5. The van der Waals surface area contributed by atoms with Gasteiger partial charge in [-0.15, -0.1) is 22.7 Å². The third-order valence-corrected chi connectivity index (χ3v) is 9.81. The molecule has 1 atom stereocenters. The predicted octanol–water partition coefficient (Wildman–Crippen LogP) is 3.60. The first-order chi connectivity index (χ1) is 13.5. The van der Waals surface area contributed by atoms with Crippen molar-refractivity contribution in [2.24, 2.45) is 5.92 Å². The van der Waals surface area contributed by atoms with Crippen LogP contribution in [0.25, 0.3) is 0 Å². The first kappa shape index (κ1) is 19.6. The molecule has 2 aliphatic rings. The molecule has 0 radical (unpaired) electrons. The number of aryl methyl sites for hydroxylation is 1. The van der Waals surface area contributed by atoms with Gasteiger partial charge in [-0.1, -0.05) is 6.07 Å². The largest absolute Gasteiger partial charge is 0.316 e. The van der Waals surface area contributed by atoms with Crippen LogP contribution in [0.4, 0.5) is 5.00 Å². The lowest BCUT2D eigenvalue weighted by Crippen LogP contribution is -2.43. The molecule has 28 heavy (non-hydrogen) atoms. The molecule has 4 rings (SSSR count). The topological polar surface area (TPSA) is 90.3 Å². The molecule has 3 heterocycles. The minimum Gasteiger partial charge on any atom is -0.316 e. The number of hydrogen-bond donors (Lipinski definition) is 1. The Hall–Kier alpha value is -1.73. The summed E-state index contributed by atoms with van der Waals surface area (Å²) in [4.78, 5) is 14.1. The van der Waals surface area contributed by atoms with Crippen LogP contribution in [-0.2, 0) is 27.7 Å². The highest BCUT2D eigenvalue weighted by Gasteiger charge is 2.34. The van der Waals surface area contributed by atoms with Crippen LogP contribution in [0.2, 0.25) is 0 Å². The van der Waals surface area contributed by atoms with Gasteiger partial charge in [0.2, 0.25) is 5.91 Å². The SMILES string of the molecule is N#Cc1c(NC(=O)C2CCCN(S(=O)(=O)c3cccs3)C2)sc2c1CCCC2. The maximum atomic E-state index is 12.9. The number of amides is 1. The molecule has 2 aromatic rings. The molecular formula is C19H21N3O3S3. The van der Waals surface area contributed by atoms with Crippen molar-refractivity contribution in [2.75, 3.05) is 18.4 Å². The molecular weight excluding hydrogens is 414 g/mol. The molecule has 9 heteroatoms. The summed E-state index contributed by atoms with van der Waals surface area (Å²) in [5.74, 6) is -0.602. The number of nitrogens with one attached hydrogen (secondary N) is 1. The maximum Gasteiger partial charge on any atom is 0.252 e. The molecule has 6 nitrogen and oxygen atoms in total. The van der Waals surface area contributed by atoms with E-state index in [4.69, 9.17) is 0 Å². The average molecular weight is 436 g/mol. The third kappa shape index (κ3) is 3.62. The Morgan fingerprint density at radius 1 is 1.29 bits per heavy atom. The summed E-state index contributed by atoms with van der Waals surface area (Å²) in [6.45, 7) is 0.611. The fraction of sp³-hybridized carbons (Fsp3) is 0.474. The fourth-order valence-electron chi connectivity index (χ4n) is 3.90. The lowest BCUT2D eigenvalue weighted by Gasteiger charge is -2.30. The molecule has 148 valence electrons. The summed E-state index contributed by atoms with van der Waals surface area (Å²) in [7, 11) is -3.55. The summed E-state index contributed by atoms with van der Waals surface area (Å²) in [5, 5.41) is 14.9. The van der Waals surface area contributed by atoms with Crippen LogP contribution in [0.15, 0.2) is 21.7 Å². The lowest BCUT2D eigenvalue weighted by atomic mass is 9.96. The molecule has 0 aromatic carbocycles. The van der Waals surface area contributed by atoms with E-state index in [0.717, 1.165) is 31.2 Å². The normalized spacial score (nSPS) is 20.3. The summed E-state index contributed by atoms with van der Waals surface area (Å²) in [6, 6.07) is 5.57. The van der Waals surface area contributed by atoms with Crippen molar-refractivity contribution in [1.82, 2.24) is 4.31 Å². The van der Waals surface area contributed by atoms with E-state index < -0.39 is 15.9 Å². The predicted molar refractivity (Wildman–Crippen MR) is 110 cm³/mol. The number of sulfonamides is 1. The van der Waals surface area contributed by atoms with E-state index >= 15 is 0 Å². The van der Waals surface area contributed by atoms with Crippen molar-refractivity contribution < 1.29 is 13.2 Å². The number of carbonyl (C=O) groups is 1. The van der Waals surface area contributed by atoms with Gasteiger partial charge in [0.05, 0.1) is 11.5 Å². The van der Waals surface area contributed by atoms with Crippen molar-refractivity contribution >= 4 is 43.6 Å². The van der Waals surface area contributed by atoms with Gasteiger partial charge < -0.3 is 5.32 Å². The Kier molecular flexibility index (Phi) is 5.56. The number of thiophene rings is 2. The van der Waals surface area contributed by atoms with Crippen LogP contribution >= 0.6 is 22.7 Å². The first-order valence-electron chi connectivity index (χ1n) is 9.40. The zero-order chi connectivity index (χ0) is 19.7. The molecule has 1 N–H and O–H groups in total. The Morgan fingerprint density at radius 3 is 2.86 bits per heavy atom. The smallest absolute Gasteiger partial charge is 0.252 e. The number of rotatable bonds is 4. The monoisotopic (exact) mass is 435 g/mol. The zero-order valence-corrected chi connectivity index (χ0v) is 17.8. The fourth-order valence-corrected chi connectivity index (χ4v) is 7.81. The van der Waals surface area contributed by atoms with Gasteiger partial charge in [0, 0.05) is 18.0 Å². The Labute approximate surface area is 172 Å². The van der Waals surface area contributed by atoms with Crippen molar-refractivity contribution in [1.29, 1.82) is 5.26 Å². The quantitative estimate of drug-likeness (QED) is 0.794. The third-order valence-electron chi connectivity index (χ3n) is 5.36. The average Bonchev–Trinajstić information content (AvgIpc) is 3.36. The standard InChI is InChI=1S/C19H21N3O3S3/c20-11-15-14-6-1-2-7-16(14)27-19(15)21-18(23)13-5-3-9-22(12-13)28(24,25)17-8-4-10-26-17/h4,8,10,13H,1-3,5-7,9,12H2,(H,21,23). The van der Waals surface area contributed by atoms with Gasteiger partial charge in [-0.3, -0.25) is 4.79 Å². The number of carbonyl (C=O) groups excluding carboxylic acids is 1. The number of nitrogens with zero attached hydrogens (tertiary/aromatic N) is 2. The second-order valence-electron chi connectivity index (χ2n) is 7.15. The molecule has 1 aliphatic carbocycles. The van der Waals surface area contributed by atoms with Crippen LogP contribution in [0, 0.1) is 17.2 Å². The molecule has 1 saturated heterocycles. The van der Waals surface area contributed by atoms with E-state index in [1.54, 1.807) is 17.5 Å². The zero-order valence-electron chi connectivity index (χ0n) is 15.3. The molecule has 1 amide bonds. The number of nitriles is 1. The highest BCUT2D eigenvalue weighted by Crippen LogP contribution is 2.38.